The van der Waals surface area contributed by atoms with Crippen LogP contribution in [-0.2, 0) is 90.4 Å². The minimum atomic E-state index is -1.97. The molecule has 0 unspecified atom stereocenters. The van der Waals surface area contributed by atoms with Crippen LogP contribution in [0.4, 0.5) is 0 Å². The van der Waals surface area contributed by atoms with Crippen LogP contribution in [0.15, 0.2) is 0 Å². The van der Waals surface area contributed by atoms with E-state index in [4.69, 9.17) is 56.8 Å². The molecule has 3 heterocycles. The second-order valence-electron chi connectivity index (χ2n) is 12.0. The van der Waals surface area contributed by atoms with Crippen molar-refractivity contribution in [1.29, 1.82) is 0 Å². The minimum absolute atomic E-state index is 0.595. The first kappa shape index (κ1) is 43.4. The number of aliphatic hydroxyl groups excluding tert-OH is 3. The van der Waals surface area contributed by atoms with Gasteiger partial charge in [0.1, 0.15) is 37.1 Å². The van der Waals surface area contributed by atoms with Crippen LogP contribution >= 0.6 is 0 Å². The zero-order chi connectivity index (χ0) is 39.7. The van der Waals surface area contributed by atoms with Crippen molar-refractivity contribution in [3.05, 3.63) is 0 Å². The summed E-state index contributed by atoms with van der Waals surface area (Å²) in [4.78, 5) is 84.6. The normalized spacial score (nSPS) is 35.5. The van der Waals surface area contributed by atoms with Gasteiger partial charge in [-0.3, -0.25) is 33.6 Å². The molecule has 0 radical (unpaired) electrons. The predicted molar refractivity (Wildman–Crippen MR) is 162 cm³/mol. The van der Waals surface area contributed by atoms with Crippen molar-refractivity contribution in [3.8, 4) is 0 Å². The fraction of sp³-hybridized carbons (Fsp3) is 0.774. The van der Waals surface area contributed by atoms with Crippen LogP contribution in [0.1, 0.15) is 48.5 Å². The van der Waals surface area contributed by atoms with Gasteiger partial charge in [-0.1, -0.05) is 0 Å². The van der Waals surface area contributed by atoms with E-state index in [1.54, 1.807) is 0 Å². The van der Waals surface area contributed by atoms with Crippen LogP contribution in [0.3, 0.4) is 0 Å². The van der Waals surface area contributed by atoms with Crippen molar-refractivity contribution in [2.45, 2.75) is 134 Å². The lowest BCUT2D eigenvalue weighted by Gasteiger charge is -2.48. The molecule has 3 saturated heterocycles. The smallest absolute Gasteiger partial charge is 0.303 e. The third kappa shape index (κ3) is 12.0. The molecular formula is C31H44O22. The quantitative estimate of drug-likeness (QED) is 0.125. The lowest BCUT2D eigenvalue weighted by molar-refractivity contribution is -0.379. The summed E-state index contributed by atoms with van der Waals surface area (Å²) in [5.74, 6) is -6.34. The molecule has 14 atom stereocenters. The van der Waals surface area contributed by atoms with E-state index in [-0.39, 0.29) is 0 Å². The van der Waals surface area contributed by atoms with Gasteiger partial charge in [-0.2, -0.15) is 0 Å². The van der Waals surface area contributed by atoms with Crippen molar-refractivity contribution in [2.24, 2.45) is 0 Å². The van der Waals surface area contributed by atoms with E-state index in [1.165, 1.54) is 0 Å². The number of esters is 7. The van der Waals surface area contributed by atoms with Gasteiger partial charge in [0.25, 0.3) is 0 Å². The highest BCUT2D eigenvalue weighted by molar-refractivity contribution is 5.69. The van der Waals surface area contributed by atoms with Gasteiger partial charge >= 0.3 is 41.8 Å². The lowest BCUT2D eigenvalue weighted by Crippen LogP contribution is -2.67. The fourth-order valence-corrected chi connectivity index (χ4v) is 5.80. The zero-order valence-electron chi connectivity index (χ0n) is 29.8. The highest BCUT2D eigenvalue weighted by Crippen LogP contribution is 2.35. The van der Waals surface area contributed by atoms with Gasteiger partial charge in [0.2, 0.25) is 0 Å². The van der Waals surface area contributed by atoms with Crippen molar-refractivity contribution >= 4 is 41.8 Å². The standard InChI is InChI=1S/C31H44O22/c1-11(33)42-10-20-23(45-13(3)35)25(47-15(5)37)28(49-17(7)39)31(51-20)53-26-21(18(40)9-43-29(26)41)52-30-27(48-16(6)38)24(46-14(4)36)22(44-12(2)34)19(8-32)50-30/h18-32,40-41H,8-10H2,1-7H3/t18-,19+,20+,21-,22-,23-,24-,25-,26+,27+,28+,29+,30-,31-/m0/s1. The second kappa shape index (κ2) is 19.3. The third-order valence-electron chi connectivity index (χ3n) is 7.63. The van der Waals surface area contributed by atoms with Gasteiger partial charge in [-0.15, -0.1) is 0 Å². The maximum atomic E-state index is 12.3. The number of rotatable bonds is 13. The molecule has 22 heteroatoms. The fourth-order valence-electron chi connectivity index (χ4n) is 5.80. The monoisotopic (exact) mass is 768 g/mol. The molecule has 0 saturated carbocycles. The number of hydrogen-bond donors (Lipinski definition) is 3. The Morgan fingerprint density at radius 1 is 0.509 bits per heavy atom. The molecule has 0 aromatic carbocycles. The first-order valence-electron chi connectivity index (χ1n) is 16.2. The van der Waals surface area contributed by atoms with Crippen LogP contribution in [0.2, 0.25) is 0 Å². The Kier molecular flexibility index (Phi) is 15.8. The molecule has 3 aliphatic heterocycles. The van der Waals surface area contributed by atoms with E-state index < -0.39 is 148 Å². The summed E-state index contributed by atoms with van der Waals surface area (Å²) < 4.78 is 66.1. The summed E-state index contributed by atoms with van der Waals surface area (Å²) in [6.07, 6.45) is -23.8. The highest BCUT2D eigenvalue weighted by Gasteiger charge is 2.57. The summed E-state index contributed by atoms with van der Waals surface area (Å²) in [5, 5.41) is 32.2. The van der Waals surface area contributed by atoms with Crippen LogP contribution in [0.25, 0.3) is 0 Å². The molecule has 0 aromatic heterocycles. The summed E-state index contributed by atoms with van der Waals surface area (Å²) >= 11 is 0. The summed E-state index contributed by atoms with van der Waals surface area (Å²) in [6.45, 7) is 5.03. The Bertz CT molecular complexity index is 1340. The summed E-state index contributed by atoms with van der Waals surface area (Å²) in [7, 11) is 0. The SMILES string of the molecule is CC(=O)OC[C@H]1O[C@@H](O[C@@H]2[C@@H](O[C@@H]3O[C@H](CO)[C@H](OC(C)=O)[C@H](OC(C)=O)[C@H]3OC(C)=O)[C@@H](O)CO[C@H]2O)[C@H](OC(C)=O)[C@@H](OC(C)=O)[C@H]1OC(C)=O. The zero-order valence-corrected chi connectivity index (χ0v) is 29.8. The molecule has 0 spiro atoms. The lowest BCUT2D eigenvalue weighted by atomic mass is 9.97. The maximum absolute atomic E-state index is 12.3. The Labute approximate surface area is 302 Å². The average Bonchev–Trinajstić information content (AvgIpc) is 3.03. The Morgan fingerprint density at radius 3 is 1.30 bits per heavy atom. The predicted octanol–water partition coefficient (Wildman–Crippen LogP) is -2.94. The van der Waals surface area contributed by atoms with E-state index in [9.17, 15) is 48.9 Å². The number of carbonyl (C=O) groups excluding carboxylic acids is 7. The van der Waals surface area contributed by atoms with E-state index in [0.29, 0.717) is 0 Å². The van der Waals surface area contributed by atoms with Gasteiger partial charge in [-0.05, 0) is 0 Å². The molecular weight excluding hydrogens is 724 g/mol. The molecule has 0 aromatic rings. The van der Waals surface area contributed by atoms with Crippen LogP contribution in [0.5, 0.6) is 0 Å². The number of aliphatic hydroxyl groups is 3. The molecule has 300 valence electrons. The van der Waals surface area contributed by atoms with Crippen LogP contribution in [-0.4, -0.2) is 163 Å². The van der Waals surface area contributed by atoms with Crippen LogP contribution in [0, 0.1) is 0 Å². The number of ether oxygens (including phenoxy) is 12. The molecule has 3 N–H and O–H groups in total. The van der Waals surface area contributed by atoms with Gasteiger partial charge in [0, 0.05) is 48.5 Å². The maximum Gasteiger partial charge on any atom is 0.303 e. The topological polar surface area (TPSA) is 291 Å². The largest absolute Gasteiger partial charge is 0.463 e. The van der Waals surface area contributed by atoms with Gasteiger partial charge < -0.3 is 72.2 Å². The molecule has 0 bridgehead atoms. The van der Waals surface area contributed by atoms with Gasteiger partial charge in [-0.25, -0.2) is 0 Å². The first-order valence-corrected chi connectivity index (χ1v) is 16.2. The first-order chi connectivity index (χ1) is 24.8. The van der Waals surface area contributed by atoms with E-state index in [2.05, 4.69) is 0 Å². The van der Waals surface area contributed by atoms with Crippen molar-refractivity contribution < 1.29 is 106 Å². The van der Waals surface area contributed by atoms with E-state index in [0.717, 1.165) is 48.5 Å². The van der Waals surface area contributed by atoms with Crippen molar-refractivity contribution in [3.63, 3.8) is 0 Å². The average molecular weight is 769 g/mol. The molecule has 3 fully saturated rings. The van der Waals surface area contributed by atoms with Crippen molar-refractivity contribution in [1.82, 2.24) is 0 Å². The van der Waals surface area contributed by atoms with E-state index >= 15 is 0 Å². The molecule has 0 amide bonds. The molecule has 3 rings (SSSR count). The minimum Gasteiger partial charge on any atom is -0.463 e. The molecule has 53 heavy (non-hydrogen) atoms. The van der Waals surface area contributed by atoms with Crippen molar-refractivity contribution in [2.75, 3.05) is 19.8 Å². The molecule has 22 nitrogen and oxygen atoms in total. The molecule has 3 aliphatic rings. The summed E-state index contributed by atoms with van der Waals surface area (Å²) in [6, 6.07) is 0. The number of carbonyl (C=O) groups is 7. The Balaban J connectivity index is 2.07. The summed E-state index contributed by atoms with van der Waals surface area (Å²) in [5.41, 5.74) is 0. The van der Waals surface area contributed by atoms with Crippen LogP contribution < -0.4 is 0 Å². The Morgan fingerprint density at radius 2 is 0.887 bits per heavy atom. The third-order valence-corrected chi connectivity index (χ3v) is 7.63. The molecule has 0 aliphatic carbocycles. The van der Waals surface area contributed by atoms with Gasteiger partial charge in [0.05, 0.1) is 13.2 Å². The van der Waals surface area contributed by atoms with E-state index in [1.807, 2.05) is 0 Å². The number of hydrogen-bond acceptors (Lipinski definition) is 22. The van der Waals surface area contributed by atoms with Gasteiger partial charge in [0.15, 0.2) is 55.5 Å². The second-order valence-corrected chi connectivity index (χ2v) is 12.0. The highest BCUT2D eigenvalue weighted by atomic mass is 16.8. The Hall–Kier alpha value is -4.03.